The number of nitrogen functional groups attached to an aromatic ring is 1. The highest BCUT2D eigenvalue weighted by Gasteiger charge is 2.16. The zero-order valence-corrected chi connectivity index (χ0v) is 10.2. The highest BCUT2D eigenvalue weighted by atomic mass is 32.2. The quantitative estimate of drug-likeness (QED) is 0.449. The van der Waals surface area contributed by atoms with Gasteiger partial charge in [0.25, 0.3) is 10.1 Å². The van der Waals surface area contributed by atoms with E-state index in [4.69, 9.17) is 19.8 Å². The number of benzene rings is 1. The normalized spacial score (nSPS) is 11.4. The molecule has 7 heteroatoms. The van der Waals surface area contributed by atoms with Gasteiger partial charge in [0.2, 0.25) is 0 Å². The summed E-state index contributed by atoms with van der Waals surface area (Å²) in [5.41, 5.74) is 5.68. The molecule has 0 amide bonds. The van der Waals surface area contributed by atoms with Crippen molar-refractivity contribution in [2.24, 2.45) is 0 Å². The Morgan fingerprint density at radius 1 is 1.35 bits per heavy atom. The Morgan fingerprint density at radius 3 is 2.65 bits per heavy atom. The van der Waals surface area contributed by atoms with Crippen LogP contribution in [0.2, 0.25) is 0 Å². The van der Waals surface area contributed by atoms with Gasteiger partial charge >= 0.3 is 0 Å². The van der Waals surface area contributed by atoms with Crippen LogP contribution < -0.4 is 10.5 Å². The van der Waals surface area contributed by atoms with E-state index in [0.29, 0.717) is 13.2 Å². The topological polar surface area (TPSA) is 98.9 Å². The predicted octanol–water partition coefficient (Wildman–Crippen LogP) is 0.931. The molecule has 0 saturated carbocycles. The van der Waals surface area contributed by atoms with Crippen LogP contribution in [0.5, 0.6) is 5.75 Å². The molecule has 1 aromatic carbocycles. The molecule has 0 bridgehead atoms. The summed E-state index contributed by atoms with van der Waals surface area (Å²) in [7, 11) is -4.34. The number of hydrogen-bond acceptors (Lipinski definition) is 5. The third-order valence-corrected chi connectivity index (χ3v) is 2.81. The molecular formula is C10H15NO5S. The zero-order valence-electron chi connectivity index (χ0n) is 9.42. The maximum Gasteiger partial charge on any atom is 0.298 e. The minimum Gasteiger partial charge on any atom is -0.490 e. The molecule has 0 radical (unpaired) electrons. The Hall–Kier alpha value is -1.31. The average Bonchev–Trinajstić information content (AvgIpc) is 2.25. The van der Waals surface area contributed by atoms with Gasteiger partial charge in [-0.25, -0.2) is 0 Å². The highest BCUT2D eigenvalue weighted by Crippen LogP contribution is 2.25. The van der Waals surface area contributed by atoms with Crippen molar-refractivity contribution in [3.8, 4) is 5.75 Å². The summed E-state index contributed by atoms with van der Waals surface area (Å²) in [6, 6.07) is 4.03. The first-order valence-corrected chi connectivity index (χ1v) is 6.46. The monoisotopic (exact) mass is 261 g/mol. The largest absolute Gasteiger partial charge is 0.490 e. The van der Waals surface area contributed by atoms with Gasteiger partial charge in [0, 0.05) is 12.3 Å². The number of hydrogen-bond donors (Lipinski definition) is 2. The first-order valence-electron chi connectivity index (χ1n) is 5.02. The van der Waals surface area contributed by atoms with Crippen LogP contribution in [0.4, 0.5) is 5.69 Å². The fourth-order valence-corrected chi connectivity index (χ4v) is 1.87. The van der Waals surface area contributed by atoms with E-state index in [9.17, 15) is 8.42 Å². The SMILES string of the molecule is CCOCCOc1ccc(N)cc1S(=O)(=O)O. The fourth-order valence-electron chi connectivity index (χ4n) is 1.20. The van der Waals surface area contributed by atoms with Gasteiger partial charge in [-0.05, 0) is 25.1 Å². The van der Waals surface area contributed by atoms with Gasteiger partial charge in [-0.1, -0.05) is 0 Å². The van der Waals surface area contributed by atoms with Crippen LogP contribution >= 0.6 is 0 Å². The second kappa shape index (κ2) is 5.85. The van der Waals surface area contributed by atoms with Crippen LogP contribution in [0.25, 0.3) is 0 Å². The average molecular weight is 261 g/mol. The molecule has 0 aliphatic heterocycles. The molecule has 6 nitrogen and oxygen atoms in total. The van der Waals surface area contributed by atoms with Crippen molar-refractivity contribution in [2.75, 3.05) is 25.6 Å². The predicted molar refractivity (Wildman–Crippen MR) is 62.7 cm³/mol. The third-order valence-electron chi connectivity index (χ3n) is 1.94. The third kappa shape index (κ3) is 4.22. The second-order valence-electron chi connectivity index (χ2n) is 3.23. The van der Waals surface area contributed by atoms with Crippen molar-refractivity contribution in [2.45, 2.75) is 11.8 Å². The number of ether oxygens (including phenoxy) is 2. The molecule has 17 heavy (non-hydrogen) atoms. The molecule has 0 atom stereocenters. The lowest BCUT2D eigenvalue weighted by Crippen LogP contribution is -2.09. The van der Waals surface area contributed by atoms with E-state index in [1.807, 2.05) is 6.92 Å². The summed E-state index contributed by atoms with van der Waals surface area (Å²) >= 11 is 0. The van der Waals surface area contributed by atoms with Crippen LogP contribution in [-0.2, 0) is 14.9 Å². The van der Waals surface area contributed by atoms with E-state index in [-0.39, 0.29) is 22.9 Å². The number of nitrogens with two attached hydrogens (primary N) is 1. The molecule has 0 fully saturated rings. The fraction of sp³-hybridized carbons (Fsp3) is 0.400. The van der Waals surface area contributed by atoms with Gasteiger partial charge in [-0.15, -0.1) is 0 Å². The van der Waals surface area contributed by atoms with Crippen molar-refractivity contribution in [3.05, 3.63) is 18.2 Å². The molecular weight excluding hydrogens is 246 g/mol. The molecule has 0 saturated heterocycles. The minimum atomic E-state index is -4.34. The maximum atomic E-state index is 11.1. The zero-order chi connectivity index (χ0) is 12.9. The second-order valence-corrected chi connectivity index (χ2v) is 4.62. The molecule has 0 unspecified atom stereocenters. The summed E-state index contributed by atoms with van der Waals surface area (Å²) in [6.07, 6.45) is 0. The minimum absolute atomic E-state index is 0.0569. The maximum absolute atomic E-state index is 11.1. The molecule has 3 N–H and O–H groups in total. The lowest BCUT2D eigenvalue weighted by molar-refractivity contribution is 0.109. The van der Waals surface area contributed by atoms with Gasteiger partial charge in [0.15, 0.2) is 0 Å². The van der Waals surface area contributed by atoms with Gasteiger partial charge in [0.05, 0.1) is 6.61 Å². The van der Waals surface area contributed by atoms with E-state index in [1.165, 1.54) is 12.1 Å². The van der Waals surface area contributed by atoms with Gasteiger partial charge in [0.1, 0.15) is 17.3 Å². The van der Waals surface area contributed by atoms with E-state index in [1.54, 1.807) is 0 Å². The molecule has 1 rings (SSSR count). The van der Waals surface area contributed by atoms with Gasteiger partial charge in [-0.2, -0.15) is 8.42 Å². The van der Waals surface area contributed by atoms with Gasteiger partial charge < -0.3 is 15.2 Å². The molecule has 0 aliphatic carbocycles. The molecule has 96 valence electrons. The molecule has 0 heterocycles. The number of anilines is 1. The molecule has 1 aromatic rings. The first-order chi connectivity index (χ1) is 7.95. The van der Waals surface area contributed by atoms with Crippen LogP contribution in [0.15, 0.2) is 23.1 Å². The van der Waals surface area contributed by atoms with Crippen molar-refractivity contribution >= 4 is 15.8 Å². The van der Waals surface area contributed by atoms with Crippen molar-refractivity contribution in [3.63, 3.8) is 0 Å². The Kier molecular flexibility index (Phi) is 4.73. The van der Waals surface area contributed by atoms with E-state index < -0.39 is 10.1 Å². The van der Waals surface area contributed by atoms with E-state index >= 15 is 0 Å². The number of rotatable bonds is 6. The van der Waals surface area contributed by atoms with Crippen molar-refractivity contribution < 1.29 is 22.4 Å². The Bertz CT molecular complexity index is 472. The lowest BCUT2D eigenvalue weighted by atomic mass is 10.3. The van der Waals surface area contributed by atoms with Crippen LogP contribution in [0.1, 0.15) is 6.92 Å². The summed E-state index contributed by atoms with van der Waals surface area (Å²) in [4.78, 5) is -0.339. The van der Waals surface area contributed by atoms with Crippen molar-refractivity contribution in [1.29, 1.82) is 0 Å². The highest BCUT2D eigenvalue weighted by molar-refractivity contribution is 7.86. The summed E-state index contributed by atoms with van der Waals surface area (Å²) in [5.74, 6) is 0.0569. The van der Waals surface area contributed by atoms with Crippen LogP contribution in [0.3, 0.4) is 0 Å². The Labute approximate surface area is 100 Å². The van der Waals surface area contributed by atoms with E-state index in [0.717, 1.165) is 6.07 Å². The summed E-state index contributed by atoms with van der Waals surface area (Å²) < 4.78 is 41.4. The van der Waals surface area contributed by atoms with Crippen LogP contribution in [-0.4, -0.2) is 32.8 Å². The molecule has 0 aliphatic rings. The van der Waals surface area contributed by atoms with Crippen LogP contribution in [0, 0.1) is 0 Å². The summed E-state index contributed by atoms with van der Waals surface area (Å²) in [5, 5.41) is 0. The first kappa shape index (κ1) is 13.8. The lowest BCUT2D eigenvalue weighted by Gasteiger charge is -2.10. The van der Waals surface area contributed by atoms with Crippen molar-refractivity contribution in [1.82, 2.24) is 0 Å². The standard InChI is InChI=1S/C10H15NO5S/c1-2-15-5-6-16-9-4-3-8(11)7-10(9)17(12,13)14/h3-4,7H,2,5-6,11H2,1H3,(H,12,13,14). The smallest absolute Gasteiger partial charge is 0.298 e. The Morgan fingerprint density at radius 2 is 2.06 bits per heavy atom. The van der Waals surface area contributed by atoms with E-state index in [2.05, 4.69) is 0 Å². The summed E-state index contributed by atoms with van der Waals surface area (Å²) in [6.45, 7) is 2.93. The molecule has 0 aromatic heterocycles. The Balaban J connectivity index is 2.84. The van der Waals surface area contributed by atoms with Gasteiger partial charge in [-0.3, -0.25) is 4.55 Å². The molecule has 0 spiro atoms.